The van der Waals surface area contributed by atoms with E-state index in [4.69, 9.17) is 0 Å². The van der Waals surface area contributed by atoms with Crippen LogP contribution in [0.4, 0.5) is 11.4 Å². The van der Waals surface area contributed by atoms with Gasteiger partial charge in [-0.2, -0.15) is 0 Å². The van der Waals surface area contributed by atoms with Crippen LogP contribution in [-0.4, -0.2) is 10.9 Å². The molecule has 0 saturated heterocycles. The van der Waals surface area contributed by atoms with E-state index >= 15 is 0 Å². The van der Waals surface area contributed by atoms with Gasteiger partial charge >= 0.3 is 0 Å². The van der Waals surface area contributed by atoms with E-state index in [1.165, 1.54) is 16.7 Å². The fourth-order valence-corrected chi connectivity index (χ4v) is 2.95. The molecular formula is C22H23N3O. The molecule has 0 bridgehead atoms. The average molecular weight is 345 g/mol. The summed E-state index contributed by atoms with van der Waals surface area (Å²) in [6.07, 6.45) is 3.30. The summed E-state index contributed by atoms with van der Waals surface area (Å²) in [4.78, 5) is 16.6. The lowest BCUT2D eigenvalue weighted by molar-refractivity contribution is 0.0950. The standard InChI is InChI=1S/C22H23N3O/c1-15-5-4-6-18(8-15)12-24-22(26)19-11-21(14-23-13-19)25-20-9-16(2)7-17(3)10-20/h4-11,13-14,25H,12H2,1-3H3,(H,24,26). The van der Waals surface area contributed by atoms with Crippen LogP contribution in [0.5, 0.6) is 0 Å². The number of hydrogen-bond donors (Lipinski definition) is 2. The van der Waals surface area contributed by atoms with Crippen molar-refractivity contribution in [3.63, 3.8) is 0 Å². The van der Waals surface area contributed by atoms with Gasteiger partial charge in [-0.15, -0.1) is 0 Å². The highest BCUT2D eigenvalue weighted by molar-refractivity contribution is 5.94. The second kappa shape index (κ2) is 7.83. The predicted molar refractivity (Wildman–Crippen MR) is 106 cm³/mol. The first-order valence-electron chi connectivity index (χ1n) is 8.64. The van der Waals surface area contributed by atoms with E-state index < -0.39 is 0 Å². The van der Waals surface area contributed by atoms with Gasteiger partial charge in [-0.25, -0.2) is 0 Å². The van der Waals surface area contributed by atoms with Gasteiger partial charge in [0, 0.05) is 18.4 Å². The zero-order valence-corrected chi connectivity index (χ0v) is 15.3. The van der Waals surface area contributed by atoms with Gasteiger partial charge < -0.3 is 10.6 Å². The number of nitrogens with one attached hydrogen (secondary N) is 2. The Kier molecular flexibility index (Phi) is 5.32. The van der Waals surface area contributed by atoms with Gasteiger partial charge in [0.25, 0.3) is 5.91 Å². The Morgan fingerprint density at radius 2 is 1.65 bits per heavy atom. The molecule has 0 aliphatic rings. The monoisotopic (exact) mass is 345 g/mol. The second-order valence-electron chi connectivity index (χ2n) is 6.64. The molecule has 0 spiro atoms. The molecule has 0 radical (unpaired) electrons. The van der Waals surface area contributed by atoms with Gasteiger partial charge in [-0.3, -0.25) is 9.78 Å². The van der Waals surface area contributed by atoms with Crippen LogP contribution in [0.2, 0.25) is 0 Å². The van der Waals surface area contributed by atoms with Crippen LogP contribution in [0.3, 0.4) is 0 Å². The molecule has 132 valence electrons. The zero-order chi connectivity index (χ0) is 18.5. The minimum Gasteiger partial charge on any atom is -0.354 e. The summed E-state index contributed by atoms with van der Waals surface area (Å²) in [6, 6.07) is 16.2. The largest absolute Gasteiger partial charge is 0.354 e. The first-order valence-corrected chi connectivity index (χ1v) is 8.64. The number of aromatic nitrogens is 1. The quantitative estimate of drug-likeness (QED) is 0.706. The Morgan fingerprint density at radius 1 is 0.885 bits per heavy atom. The van der Waals surface area contributed by atoms with E-state index in [9.17, 15) is 4.79 Å². The molecule has 0 unspecified atom stereocenters. The van der Waals surface area contributed by atoms with Crippen LogP contribution in [0, 0.1) is 20.8 Å². The predicted octanol–water partition coefficient (Wildman–Crippen LogP) is 4.68. The van der Waals surface area contributed by atoms with E-state index in [2.05, 4.69) is 53.7 Å². The van der Waals surface area contributed by atoms with E-state index in [0.717, 1.165) is 16.9 Å². The smallest absolute Gasteiger partial charge is 0.253 e. The van der Waals surface area contributed by atoms with Crippen LogP contribution in [-0.2, 0) is 6.54 Å². The van der Waals surface area contributed by atoms with Crippen molar-refractivity contribution in [3.05, 3.63) is 88.7 Å². The molecule has 0 saturated carbocycles. The molecule has 2 N–H and O–H groups in total. The van der Waals surface area contributed by atoms with Crippen molar-refractivity contribution in [3.8, 4) is 0 Å². The van der Waals surface area contributed by atoms with Gasteiger partial charge in [0.2, 0.25) is 0 Å². The first kappa shape index (κ1) is 17.7. The number of amides is 1. The summed E-state index contributed by atoms with van der Waals surface area (Å²) in [6.45, 7) is 6.66. The number of carbonyl (C=O) groups excluding carboxylic acids is 1. The highest BCUT2D eigenvalue weighted by Crippen LogP contribution is 2.19. The number of anilines is 2. The Labute approximate surface area is 154 Å². The van der Waals surface area contributed by atoms with Crippen molar-refractivity contribution in [2.75, 3.05) is 5.32 Å². The molecular weight excluding hydrogens is 322 g/mol. The SMILES string of the molecule is Cc1cccc(CNC(=O)c2cncc(Nc3cc(C)cc(C)c3)c2)c1. The van der Waals surface area contributed by atoms with E-state index in [-0.39, 0.29) is 5.91 Å². The molecule has 0 aliphatic carbocycles. The molecule has 3 rings (SSSR count). The van der Waals surface area contributed by atoms with Crippen molar-refractivity contribution >= 4 is 17.3 Å². The molecule has 1 aromatic heterocycles. The zero-order valence-electron chi connectivity index (χ0n) is 15.3. The fourth-order valence-electron chi connectivity index (χ4n) is 2.95. The fraction of sp³-hybridized carbons (Fsp3) is 0.182. The molecule has 26 heavy (non-hydrogen) atoms. The number of nitrogens with zero attached hydrogens (tertiary/aromatic N) is 1. The topological polar surface area (TPSA) is 54.0 Å². The Morgan fingerprint density at radius 3 is 2.38 bits per heavy atom. The third kappa shape index (κ3) is 4.70. The third-order valence-electron chi connectivity index (χ3n) is 4.05. The van der Waals surface area contributed by atoms with Gasteiger partial charge in [0.1, 0.15) is 0 Å². The minimum atomic E-state index is -0.136. The molecule has 3 aromatic rings. The molecule has 1 amide bonds. The van der Waals surface area contributed by atoms with Gasteiger partial charge in [0.05, 0.1) is 17.4 Å². The molecule has 1 heterocycles. The van der Waals surface area contributed by atoms with Gasteiger partial charge in [-0.1, -0.05) is 35.9 Å². The number of hydrogen-bond acceptors (Lipinski definition) is 3. The van der Waals surface area contributed by atoms with E-state index in [0.29, 0.717) is 12.1 Å². The van der Waals surface area contributed by atoms with Gasteiger partial charge in [0.15, 0.2) is 0 Å². The maximum atomic E-state index is 12.4. The molecule has 2 aromatic carbocycles. The van der Waals surface area contributed by atoms with Crippen LogP contribution in [0.15, 0.2) is 60.9 Å². The summed E-state index contributed by atoms with van der Waals surface area (Å²) in [5.74, 6) is -0.136. The lowest BCUT2D eigenvalue weighted by Gasteiger charge is -2.10. The highest BCUT2D eigenvalue weighted by Gasteiger charge is 2.07. The number of benzene rings is 2. The number of aryl methyl sites for hydroxylation is 3. The average Bonchev–Trinajstić information content (AvgIpc) is 2.59. The van der Waals surface area contributed by atoms with Crippen LogP contribution in [0.25, 0.3) is 0 Å². The summed E-state index contributed by atoms with van der Waals surface area (Å²) in [7, 11) is 0. The van der Waals surface area contributed by atoms with Crippen molar-refractivity contribution < 1.29 is 4.79 Å². The highest BCUT2D eigenvalue weighted by atomic mass is 16.1. The molecule has 4 nitrogen and oxygen atoms in total. The summed E-state index contributed by atoms with van der Waals surface area (Å²) in [5, 5.41) is 6.26. The van der Waals surface area contributed by atoms with Crippen molar-refractivity contribution in [2.24, 2.45) is 0 Å². The minimum absolute atomic E-state index is 0.136. The number of rotatable bonds is 5. The first-order chi connectivity index (χ1) is 12.5. The van der Waals surface area contributed by atoms with Crippen LogP contribution < -0.4 is 10.6 Å². The van der Waals surface area contributed by atoms with E-state index in [1.54, 1.807) is 12.4 Å². The number of pyridine rings is 1. The van der Waals surface area contributed by atoms with Crippen molar-refractivity contribution in [1.82, 2.24) is 10.3 Å². The maximum Gasteiger partial charge on any atom is 0.253 e. The lowest BCUT2D eigenvalue weighted by Crippen LogP contribution is -2.23. The summed E-state index contributed by atoms with van der Waals surface area (Å²) < 4.78 is 0. The normalized spacial score (nSPS) is 10.4. The third-order valence-corrected chi connectivity index (χ3v) is 4.05. The second-order valence-corrected chi connectivity index (χ2v) is 6.64. The lowest BCUT2D eigenvalue weighted by atomic mass is 10.1. The van der Waals surface area contributed by atoms with E-state index in [1.807, 2.05) is 31.2 Å². The molecule has 4 heteroatoms. The maximum absolute atomic E-state index is 12.4. The molecule has 0 aliphatic heterocycles. The Bertz CT molecular complexity index is 914. The summed E-state index contributed by atoms with van der Waals surface area (Å²) >= 11 is 0. The molecule has 0 fully saturated rings. The van der Waals surface area contributed by atoms with Crippen molar-refractivity contribution in [2.45, 2.75) is 27.3 Å². The Balaban J connectivity index is 1.69. The number of carbonyl (C=O) groups is 1. The van der Waals surface area contributed by atoms with Gasteiger partial charge in [-0.05, 0) is 55.7 Å². The van der Waals surface area contributed by atoms with Crippen molar-refractivity contribution in [1.29, 1.82) is 0 Å². The van der Waals surface area contributed by atoms with Crippen LogP contribution >= 0.6 is 0 Å². The Hall–Kier alpha value is -3.14. The summed E-state index contributed by atoms with van der Waals surface area (Å²) in [5.41, 5.74) is 6.95. The van der Waals surface area contributed by atoms with Crippen LogP contribution in [0.1, 0.15) is 32.6 Å². The molecule has 0 atom stereocenters.